The van der Waals surface area contributed by atoms with E-state index >= 15 is 0 Å². The SMILES string of the molecule is CNc1ccnc(C(=O)N(C)c2cccc(F)c2)c1. The molecule has 98 valence electrons. The first kappa shape index (κ1) is 13.0. The maximum absolute atomic E-state index is 13.1. The third kappa shape index (κ3) is 2.88. The summed E-state index contributed by atoms with van der Waals surface area (Å²) in [5.74, 6) is -0.670. The molecule has 1 heterocycles. The number of halogens is 1. The van der Waals surface area contributed by atoms with E-state index in [1.54, 1.807) is 44.6 Å². The number of rotatable bonds is 3. The molecule has 1 amide bonds. The van der Waals surface area contributed by atoms with Crippen LogP contribution in [0, 0.1) is 5.82 Å². The molecule has 0 spiro atoms. The molecule has 0 atom stereocenters. The van der Waals surface area contributed by atoms with Crippen LogP contribution >= 0.6 is 0 Å². The maximum atomic E-state index is 13.1. The van der Waals surface area contributed by atoms with Crippen molar-refractivity contribution in [3.05, 3.63) is 54.1 Å². The van der Waals surface area contributed by atoms with Crippen LogP contribution in [-0.4, -0.2) is 25.0 Å². The van der Waals surface area contributed by atoms with Crippen molar-refractivity contribution in [2.75, 3.05) is 24.3 Å². The number of benzene rings is 1. The van der Waals surface area contributed by atoms with E-state index in [0.717, 1.165) is 5.69 Å². The van der Waals surface area contributed by atoms with E-state index in [4.69, 9.17) is 0 Å². The second-order valence-electron chi connectivity index (χ2n) is 4.02. The van der Waals surface area contributed by atoms with Gasteiger partial charge in [-0.15, -0.1) is 0 Å². The van der Waals surface area contributed by atoms with E-state index in [2.05, 4.69) is 10.3 Å². The van der Waals surface area contributed by atoms with Crippen LogP contribution in [0.5, 0.6) is 0 Å². The zero-order valence-corrected chi connectivity index (χ0v) is 10.7. The number of nitrogens with zero attached hydrogens (tertiary/aromatic N) is 2. The molecule has 2 rings (SSSR count). The van der Waals surface area contributed by atoms with Gasteiger partial charge in [0.2, 0.25) is 0 Å². The van der Waals surface area contributed by atoms with Crippen LogP contribution in [0.4, 0.5) is 15.8 Å². The minimum atomic E-state index is -0.380. The Balaban J connectivity index is 2.28. The van der Waals surface area contributed by atoms with Gasteiger partial charge < -0.3 is 10.2 Å². The topological polar surface area (TPSA) is 45.2 Å². The molecule has 1 aromatic heterocycles. The number of anilines is 2. The normalized spacial score (nSPS) is 10.1. The predicted octanol–water partition coefficient (Wildman–Crippen LogP) is 2.54. The first-order valence-corrected chi connectivity index (χ1v) is 5.79. The molecule has 0 saturated heterocycles. The predicted molar refractivity (Wildman–Crippen MR) is 72.9 cm³/mol. The molecular weight excluding hydrogens is 245 g/mol. The lowest BCUT2D eigenvalue weighted by Gasteiger charge is -2.17. The summed E-state index contributed by atoms with van der Waals surface area (Å²) in [5, 5.41) is 2.94. The standard InChI is InChI=1S/C14H14FN3O/c1-16-11-6-7-17-13(9-11)14(19)18(2)12-5-3-4-10(15)8-12/h3-9H,1-2H3,(H,16,17). The Morgan fingerprint density at radius 3 is 2.79 bits per heavy atom. The lowest BCUT2D eigenvalue weighted by molar-refractivity contribution is 0.0988. The third-order valence-electron chi connectivity index (χ3n) is 2.77. The summed E-state index contributed by atoms with van der Waals surface area (Å²) in [6, 6.07) is 9.29. The van der Waals surface area contributed by atoms with Gasteiger partial charge in [0.15, 0.2) is 0 Å². The largest absolute Gasteiger partial charge is 0.388 e. The monoisotopic (exact) mass is 259 g/mol. The minimum Gasteiger partial charge on any atom is -0.388 e. The fourth-order valence-corrected chi connectivity index (χ4v) is 1.68. The molecule has 4 nitrogen and oxygen atoms in total. The number of hydrogen-bond donors (Lipinski definition) is 1. The van der Waals surface area contributed by atoms with Gasteiger partial charge in [-0.2, -0.15) is 0 Å². The summed E-state index contributed by atoms with van der Waals surface area (Å²) in [6.45, 7) is 0. The van der Waals surface area contributed by atoms with Gasteiger partial charge >= 0.3 is 0 Å². The molecule has 19 heavy (non-hydrogen) atoms. The summed E-state index contributed by atoms with van der Waals surface area (Å²) in [4.78, 5) is 17.6. The van der Waals surface area contributed by atoms with Crippen LogP contribution in [-0.2, 0) is 0 Å². The molecule has 0 aliphatic heterocycles. The molecular formula is C14H14FN3O. The average molecular weight is 259 g/mol. The van der Waals surface area contributed by atoms with E-state index in [9.17, 15) is 9.18 Å². The van der Waals surface area contributed by atoms with Crippen molar-refractivity contribution < 1.29 is 9.18 Å². The first-order chi connectivity index (χ1) is 9.11. The van der Waals surface area contributed by atoms with Crippen molar-refractivity contribution in [2.45, 2.75) is 0 Å². The van der Waals surface area contributed by atoms with Gasteiger partial charge in [0.1, 0.15) is 11.5 Å². The van der Waals surface area contributed by atoms with Crippen LogP contribution in [0.2, 0.25) is 0 Å². The van der Waals surface area contributed by atoms with Gasteiger partial charge in [0.05, 0.1) is 0 Å². The molecule has 0 aliphatic rings. The zero-order chi connectivity index (χ0) is 13.8. The van der Waals surface area contributed by atoms with Crippen LogP contribution in [0.3, 0.4) is 0 Å². The van der Waals surface area contributed by atoms with Crippen molar-refractivity contribution in [3.63, 3.8) is 0 Å². The highest BCUT2D eigenvalue weighted by Gasteiger charge is 2.15. The molecule has 0 unspecified atom stereocenters. The van der Waals surface area contributed by atoms with Crippen molar-refractivity contribution in [1.82, 2.24) is 4.98 Å². The van der Waals surface area contributed by atoms with Crippen LogP contribution in [0.15, 0.2) is 42.6 Å². The number of hydrogen-bond acceptors (Lipinski definition) is 3. The number of amides is 1. The highest BCUT2D eigenvalue weighted by molar-refractivity contribution is 6.04. The van der Waals surface area contributed by atoms with E-state index in [-0.39, 0.29) is 11.7 Å². The van der Waals surface area contributed by atoms with Gasteiger partial charge in [-0.3, -0.25) is 9.78 Å². The Morgan fingerprint density at radius 2 is 2.11 bits per heavy atom. The third-order valence-corrected chi connectivity index (χ3v) is 2.77. The molecule has 0 saturated carbocycles. The lowest BCUT2D eigenvalue weighted by atomic mass is 10.2. The highest BCUT2D eigenvalue weighted by atomic mass is 19.1. The molecule has 5 heteroatoms. The Bertz CT molecular complexity index is 601. The van der Waals surface area contributed by atoms with E-state index in [0.29, 0.717) is 11.4 Å². The molecule has 1 aromatic carbocycles. The smallest absolute Gasteiger partial charge is 0.276 e. The Hall–Kier alpha value is -2.43. The first-order valence-electron chi connectivity index (χ1n) is 5.79. The number of nitrogens with one attached hydrogen (secondary N) is 1. The average Bonchev–Trinajstić information content (AvgIpc) is 2.45. The minimum absolute atomic E-state index is 0.289. The molecule has 0 radical (unpaired) electrons. The summed E-state index contributed by atoms with van der Waals surface area (Å²) in [7, 11) is 3.35. The van der Waals surface area contributed by atoms with Gasteiger partial charge in [0.25, 0.3) is 5.91 Å². The van der Waals surface area contributed by atoms with Gasteiger partial charge in [0, 0.05) is 31.7 Å². The van der Waals surface area contributed by atoms with Gasteiger partial charge in [-0.1, -0.05) is 6.07 Å². The Kier molecular flexibility index (Phi) is 3.75. The second-order valence-corrected chi connectivity index (χ2v) is 4.02. The number of aromatic nitrogens is 1. The molecule has 0 aliphatic carbocycles. The van der Waals surface area contributed by atoms with Gasteiger partial charge in [-0.25, -0.2) is 4.39 Å². The molecule has 0 fully saturated rings. The zero-order valence-electron chi connectivity index (χ0n) is 10.7. The molecule has 2 aromatic rings. The maximum Gasteiger partial charge on any atom is 0.276 e. The van der Waals surface area contributed by atoms with E-state index in [1.165, 1.54) is 17.0 Å². The summed E-state index contributed by atoms with van der Waals surface area (Å²) >= 11 is 0. The number of carbonyl (C=O) groups is 1. The fourth-order valence-electron chi connectivity index (χ4n) is 1.68. The summed E-state index contributed by atoms with van der Waals surface area (Å²) in [5.41, 5.74) is 1.59. The molecule has 1 N–H and O–H groups in total. The number of carbonyl (C=O) groups excluding carboxylic acids is 1. The molecule has 0 bridgehead atoms. The Labute approximate surface area is 110 Å². The number of pyridine rings is 1. The quantitative estimate of drug-likeness (QED) is 0.921. The van der Waals surface area contributed by atoms with Crippen LogP contribution < -0.4 is 10.2 Å². The Morgan fingerprint density at radius 1 is 1.32 bits per heavy atom. The summed E-state index contributed by atoms with van der Waals surface area (Å²) in [6.07, 6.45) is 1.55. The highest BCUT2D eigenvalue weighted by Crippen LogP contribution is 2.17. The van der Waals surface area contributed by atoms with E-state index in [1.807, 2.05) is 0 Å². The lowest BCUT2D eigenvalue weighted by Crippen LogP contribution is -2.27. The van der Waals surface area contributed by atoms with Crippen LogP contribution in [0.1, 0.15) is 10.5 Å². The fraction of sp³-hybridized carbons (Fsp3) is 0.143. The van der Waals surface area contributed by atoms with Crippen molar-refractivity contribution in [1.29, 1.82) is 0 Å². The van der Waals surface area contributed by atoms with Crippen molar-refractivity contribution in [2.24, 2.45) is 0 Å². The summed E-state index contributed by atoms with van der Waals surface area (Å²) < 4.78 is 13.1. The van der Waals surface area contributed by atoms with Crippen LogP contribution in [0.25, 0.3) is 0 Å². The van der Waals surface area contributed by atoms with Crippen molar-refractivity contribution in [3.8, 4) is 0 Å². The van der Waals surface area contributed by atoms with Gasteiger partial charge in [-0.05, 0) is 30.3 Å². The van der Waals surface area contributed by atoms with E-state index < -0.39 is 0 Å². The second kappa shape index (κ2) is 5.48. The van der Waals surface area contributed by atoms with Crippen molar-refractivity contribution >= 4 is 17.3 Å².